The van der Waals surface area contributed by atoms with Crippen LogP contribution in [0.1, 0.15) is 52.0 Å². The van der Waals surface area contributed by atoms with Crippen molar-refractivity contribution < 1.29 is 19.2 Å². The lowest BCUT2D eigenvalue weighted by atomic mass is 9.97. The van der Waals surface area contributed by atoms with Gasteiger partial charge in [-0.1, -0.05) is 6.07 Å². The molecular weight excluding hydrogens is 422 g/mol. The molecule has 0 aliphatic carbocycles. The molecule has 4 amide bonds. The number of hydrogen-bond donors (Lipinski definition) is 2. The molecule has 3 saturated heterocycles. The second-order valence-corrected chi connectivity index (χ2v) is 9.60. The number of fused-ring (bicyclic) bond motifs is 1. The first kappa shape index (κ1) is 22.2. The number of carbonyl (C=O) groups excluding carboxylic acids is 4. The van der Waals surface area contributed by atoms with Gasteiger partial charge in [0.25, 0.3) is 11.8 Å². The lowest BCUT2D eigenvalue weighted by molar-refractivity contribution is -0.136. The van der Waals surface area contributed by atoms with Gasteiger partial charge in [-0.2, -0.15) is 0 Å². The van der Waals surface area contributed by atoms with Gasteiger partial charge in [-0.15, -0.1) is 0 Å². The summed E-state index contributed by atoms with van der Waals surface area (Å²) in [5.74, 6) is -1.06. The first-order valence-electron chi connectivity index (χ1n) is 12.0. The lowest BCUT2D eigenvalue weighted by Crippen LogP contribution is -2.54. The van der Waals surface area contributed by atoms with E-state index in [4.69, 9.17) is 0 Å². The van der Waals surface area contributed by atoms with Crippen LogP contribution in [-0.2, 0) is 16.1 Å². The van der Waals surface area contributed by atoms with Gasteiger partial charge >= 0.3 is 0 Å². The van der Waals surface area contributed by atoms with Gasteiger partial charge in [0.2, 0.25) is 11.8 Å². The molecule has 4 aliphatic rings. The van der Waals surface area contributed by atoms with Gasteiger partial charge in [-0.25, -0.2) is 0 Å². The standard InChI is InChI=1S/C24H31N5O4/c30-21-4-3-20(22(31)26-21)29-23(32)18-2-1-17(13-19(18)24(29)33)15-28-11-9-27(10-12-28)14-16-5-7-25-8-6-16/h1-2,13,16,20,25H,3-12,14-15H2,(H,26,30,31). The van der Waals surface area contributed by atoms with Gasteiger partial charge in [0, 0.05) is 45.7 Å². The van der Waals surface area contributed by atoms with Crippen molar-refractivity contribution in [1.82, 2.24) is 25.3 Å². The third-order valence-corrected chi connectivity index (χ3v) is 7.35. The van der Waals surface area contributed by atoms with Crippen molar-refractivity contribution in [3.63, 3.8) is 0 Å². The normalized spacial score (nSPS) is 25.5. The molecule has 0 bridgehead atoms. The highest BCUT2D eigenvalue weighted by molar-refractivity contribution is 6.23. The van der Waals surface area contributed by atoms with Gasteiger partial charge in [-0.3, -0.25) is 34.3 Å². The van der Waals surface area contributed by atoms with Crippen LogP contribution < -0.4 is 10.6 Å². The van der Waals surface area contributed by atoms with Gasteiger partial charge in [0.1, 0.15) is 6.04 Å². The maximum absolute atomic E-state index is 13.0. The van der Waals surface area contributed by atoms with Crippen LogP contribution >= 0.6 is 0 Å². The Morgan fingerprint density at radius 2 is 1.55 bits per heavy atom. The van der Waals surface area contributed by atoms with Crippen LogP contribution in [0.5, 0.6) is 0 Å². The summed E-state index contributed by atoms with van der Waals surface area (Å²) in [5, 5.41) is 5.66. The van der Waals surface area contributed by atoms with Gasteiger partial charge in [0.15, 0.2) is 0 Å². The van der Waals surface area contributed by atoms with Crippen LogP contribution in [0.15, 0.2) is 18.2 Å². The highest BCUT2D eigenvalue weighted by Gasteiger charge is 2.44. The van der Waals surface area contributed by atoms with Crippen LogP contribution in [-0.4, -0.2) is 90.2 Å². The minimum Gasteiger partial charge on any atom is -0.317 e. The first-order chi connectivity index (χ1) is 16.0. The van der Waals surface area contributed by atoms with Crippen molar-refractivity contribution >= 4 is 23.6 Å². The molecule has 1 unspecified atom stereocenters. The molecule has 33 heavy (non-hydrogen) atoms. The Kier molecular flexibility index (Phi) is 6.27. The molecule has 2 N–H and O–H groups in total. The Balaban J connectivity index is 1.19. The molecule has 4 heterocycles. The second kappa shape index (κ2) is 9.32. The predicted molar refractivity (Wildman–Crippen MR) is 120 cm³/mol. The van der Waals surface area contributed by atoms with E-state index >= 15 is 0 Å². The Bertz CT molecular complexity index is 966. The number of amides is 4. The average Bonchev–Trinajstić information content (AvgIpc) is 3.06. The van der Waals surface area contributed by atoms with Crippen LogP contribution in [0.3, 0.4) is 0 Å². The molecule has 1 aromatic carbocycles. The highest BCUT2D eigenvalue weighted by Crippen LogP contribution is 2.28. The second-order valence-electron chi connectivity index (χ2n) is 9.60. The quantitative estimate of drug-likeness (QED) is 0.615. The average molecular weight is 454 g/mol. The number of nitrogens with zero attached hydrogens (tertiary/aromatic N) is 3. The number of benzene rings is 1. The molecule has 0 aromatic heterocycles. The van der Waals surface area contributed by atoms with Crippen LogP contribution in [0.4, 0.5) is 0 Å². The first-order valence-corrected chi connectivity index (χ1v) is 12.0. The molecule has 1 aromatic rings. The molecule has 0 saturated carbocycles. The molecular formula is C24H31N5O4. The SMILES string of the molecule is O=C1CCC(N2C(=O)c3ccc(CN4CCN(CC5CCNCC5)CC4)cc3C2=O)C(=O)N1. The summed E-state index contributed by atoms with van der Waals surface area (Å²) in [4.78, 5) is 55.5. The minimum absolute atomic E-state index is 0.124. The number of rotatable bonds is 5. The third-order valence-electron chi connectivity index (χ3n) is 7.35. The number of imide groups is 2. The lowest BCUT2D eigenvalue weighted by Gasteiger charge is -2.37. The molecule has 0 radical (unpaired) electrons. The van der Waals surface area contributed by atoms with E-state index in [2.05, 4.69) is 20.4 Å². The van der Waals surface area contributed by atoms with E-state index in [9.17, 15) is 19.2 Å². The van der Waals surface area contributed by atoms with Gasteiger partial charge in [-0.05, 0) is 56.0 Å². The van der Waals surface area contributed by atoms with E-state index < -0.39 is 23.8 Å². The molecule has 9 nitrogen and oxygen atoms in total. The van der Waals surface area contributed by atoms with Crippen molar-refractivity contribution in [1.29, 1.82) is 0 Å². The van der Waals surface area contributed by atoms with Crippen LogP contribution in [0.25, 0.3) is 0 Å². The summed E-state index contributed by atoms with van der Waals surface area (Å²) < 4.78 is 0. The van der Waals surface area contributed by atoms with E-state index in [1.54, 1.807) is 12.1 Å². The largest absolute Gasteiger partial charge is 0.317 e. The monoisotopic (exact) mass is 453 g/mol. The zero-order valence-corrected chi connectivity index (χ0v) is 18.8. The minimum atomic E-state index is -0.924. The third kappa shape index (κ3) is 4.58. The number of carbonyl (C=O) groups is 4. The molecule has 4 aliphatic heterocycles. The fourth-order valence-corrected chi connectivity index (χ4v) is 5.43. The maximum atomic E-state index is 13.0. The smallest absolute Gasteiger partial charge is 0.262 e. The molecule has 0 spiro atoms. The van der Waals surface area contributed by atoms with E-state index in [1.807, 2.05) is 6.07 Å². The Labute approximate surface area is 193 Å². The fourth-order valence-electron chi connectivity index (χ4n) is 5.43. The summed E-state index contributed by atoms with van der Waals surface area (Å²) in [6, 6.07) is 4.47. The predicted octanol–water partition coefficient (Wildman–Crippen LogP) is 0.205. The van der Waals surface area contributed by atoms with E-state index in [0.29, 0.717) is 11.1 Å². The maximum Gasteiger partial charge on any atom is 0.262 e. The van der Waals surface area contributed by atoms with E-state index in [1.165, 1.54) is 19.4 Å². The van der Waals surface area contributed by atoms with Crippen LogP contribution in [0, 0.1) is 5.92 Å². The summed E-state index contributed by atoms with van der Waals surface area (Å²) >= 11 is 0. The van der Waals surface area contributed by atoms with Crippen molar-refractivity contribution in [2.24, 2.45) is 5.92 Å². The zero-order valence-electron chi connectivity index (χ0n) is 18.8. The summed E-state index contributed by atoms with van der Waals surface area (Å²) in [7, 11) is 0. The zero-order chi connectivity index (χ0) is 22.9. The molecule has 9 heteroatoms. The summed E-state index contributed by atoms with van der Waals surface area (Å²) in [6.07, 6.45) is 2.82. The number of hydrogen-bond acceptors (Lipinski definition) is 7. The van der Waals surface area contributed by atoms with Crippen molar-refractivity contribution in [2.45, 2.75) is 38.3 Å². The Morgan fingerprint density at radius 3 is 2.27 bits per heavy atom. The Morgan fingerprint density at radius 1 is 0.848 bits per heavy atom. The van der Waals surface area contributed by atoms with Crippen LogP contribution in [0.2, 0.25) is 0 Å². The fraction of sp³-hybridized carbons (Fsp3) is 0.583. The van der Waals surface area contributed by atoms with Gasteiger partial charge < -0.3 is 10.2 Å². The number of piperazine rings is 1. The van der Waals surface area contributed by atoms with Crippen molar-refractivity contribution in [2.75, 3.05) is 45.8 Å². The number of nitrogens with one attached hydrogen (secondary N) is 2. The van der Waals surface area contributed by atoms with Crippen molar-refractivity contribution in [3.05, 3.63) is 34.9 Å². The topological polar surface area (TPSA) is 102 Å². The number of piperidine rings is 2. The summed E-state index contributed by atoms with van der Waals surface area (Å²) in [6.45, 7) is 8.24. The Hall–Kier alpha value is -2.62. The van der Waals surface area contributed by atoms with E-state index in [0.717, 1.165) is 62.2 Å². The van der Waals surface area contributed by atoms with Gasteiger partial charge in [0.05, 0.1) is 11.1 Å². The van der Waals surface area contributed by atoms with E-state index in [-0.39, 0.29) is 18.7 Å². The molecule has 1 atom stereocenters. The highest BCUT2D eigenvalue weighted by atomic mass is 16.2. The summed E-state index contributed by atoms with van der Waals surface area (Å²) in [5.41, 5.74) is 1.68. The van der Waals surface area contributed by atoms with Crippen molar-refractivity contribution in [3.8, 4) is 0 Å². The molecule has 176 valence electrons. The molecule has 5 rings (SSSR count). The molecule has 3 fully saturated rings.